The van der Waals surface area contributed by atoms with E-state index in [0.29, 0.717) is 36.0 Å². The summed E-state index contributed by atoms with van der Waals surface area (Å²) in [6.07, 6.45) is 4.20. The summed E-state index contributed by atoms with van der Waals surface area (Å²) in [4.78, 5) is 19.5. The monoisotopic (exact) mass is 458 g/mol. The van der Waals surface area contributed by atoms with Crippen molar-refractivity contribution in [3.05, 3.63) is 82.4 Å². The Hall–Kier alpha value is -3.84. The number of ketones is 1. The van der Waals surface area contributed by atoms with Crippen LogP contribution in [0.15, 0.2) is 54.4 Å². The molecule has 1 aromatic heterocycles. The largest absolute Gasteiger partial charge is 0.493 e. The number of hydrogen-bond acceptors (Lipinski definition) is 7. The summed E-state index contributed by atoms with van der Waals surface area (Å²) in [5.41, 5.74) is 4.25. The number of benzene rings is 2. The number of hydrogen-bond donors (Lipinski definition) is 0. The van der Waals surface area contributed by atoms with Gasteiger partial charge in [-0.2, -0.15) is 0 Å². The third kappa shape index (κ3) is 4.10. The number of pyridine rings is 1. The van der Waals surface area contributed by atoms with E-state index >= 15 is 0 Å². The van der Waals surface area contributed by atoms with Gasteiger partial charge in [0.1, 0.15) is 18.2 Å². The molecular formula is C27H26N2O5. The van der Waals surface area contributed by atoms with E-state index in [4.69, 9.17) is 18.9 Å². The number of carbonyl (C=O) groups excluding carboxylic acids is 1. The van der Waals surface area contributed by atoms with E-state index in [2.05, 4.69) is 9.88 Å². The Balaban J connectivity index is 1.32. The SMILES string of the molecule is COc1ccc(CCN2COc3c(cc4c(c3C)O/C(=C\c3ccccn3)C4=O)C2)cc1OC. The minimum Gasteiger partial charge on any atom is -0.493 e. The number of ether oxygens (including phenoxy) is 4. The second kappa shape index (κ2) is 9.19. The highest BCUT2D eigenvalue weighted by atomic mass is 16.5. The molecule has 2 aliphatic heterocycles. The first-order valence-electron chi connectivity index (χ1n) is 11.1. The summed E-state index contributed by atoms with van der Waals surface area (Å²) in [5, 5.41) is 0. The van der Waals surface area contributed by atoms with Crippen LogP contribution < -0.4 is 18.9 Å². The first-order chi connectivity index (χ1) is 16.6. The highest BCUT2D eigenvalue weighted by Gasteiger charge is 2.33. The molecule has 34 heavy (non-hydrogen) atoms. The molecule has 0 unspecified atom stereocenters. The second-order valence-corrected chi connectivity index (χ2v) is 8.33. The van der Waals surface area contributed by atoms with Crippen molar-refractivity contribution in [2.75, 3.05) is 27.5 Å². The molecule has 0 amide bonds. The van der Waals surface area contributed by atoms with Gasteiger partial charge in [0.05, 0.1) is 25.5 Å². The van der Waals surface area contributed by atoms with Crippen molar-refractivity contribution in [2.24, 2.45) is 0 Å². The maximum Gasteiger partial charge on any atom is 0.232 e. The van der Waals surface area contributed by atoms with E-state index in [9.17, 15) is 4.79 Å². The Kier molecular flexibility index (Phi) is 5.94. The molecule has 0 N–H and O–H groups in total. The number of Topliss-reactive ketones (excluding diaryl/α,β-unsaturated/α-hetero) is 1. The Labute approximate surface area is 198 Å². The van der Waals surface area contributed by atoms with Gasteiger partial charge in [0.25, 0.3) is 0 Å². The summed E-state index contributed by atoms with van der Waals surface area (Å²) >= 11 is 0. The predicted molar refractivity (Wildman–Crippen MR) is 128 cm³/mol. The molecule has 2 aliphatic rings. The van der Waals surface area contributed by atoms with Crippen LogP contribution in [0, 0.1) is 6.92 Å². The van der Waals surface area contributed by atoms with E-state index in [1.165, 1.54) is 0 Å². The minimum atomic E-state index is -0.131. The number of methoxy groups -OCH3 is 2. The summed E-state index contributed by atoms with van der Waals surface area (Å²) < 4.78 is 22.8. The van der Waals surface area contributed by atoms with E-state index in [0.717, 1.165) is 41.2 Å². The fourth-order valence-electron chi connectivity index (χ4n) is 4.36. The Bertz CT molecular complexity index is 1270. The second-order valence-electron chi connectivity index (χ2n) is 8.33. The number of rotatable bonds is 6. The topological polar surface area (TPSA) is 70.1 Å². The first-order valence-corrected chi connectivity index (χ1v) is 11.1. The Morgan fingerprint density at radius 2 is 1.94 bits per heavy atom. The van der Waals surface area contributed by atoms with Gasteiger partial charge < -0.3 is 18.9 Å². The average molecular weight is 459 g/mol. The smallest absolute Gasteiger partial charge is 0.232 e. The lowest BCUT2D eigenvalue weighted by atomic mass is 10.00. The van der Waals surface area contributed by atoms with Gasteiger partial charge in [-0.25, -0.2) is 0 Å². The molecule has 7 nitrogen and oxygen atoms in total. The van der Waals surface area contributed by atoms with Gasteiger partial charge in [-0.05, 0) is 49.2 Å². The zero-order valence-electron chi connectivity index (χ0n) is 19.5. The van der Waals surface area contributed by atoms with Crippen LogP contribution in [-0.4, -0.2) is 43.2 Å². The van der Waals surface area contributed by atoms with E-state index < -0.39 is 0 Å². The Morgan fingerprint density at radius 3 is 2.71 bits per heavy atom. The molecule has 0 saturated carbocycles. The molecule has 0 spiro atoms. The Morgan fingerprint density at radius 1 is 1.09 bits per heavy atom. The molecule has 0 fully saturated rings. The number of carbonyl (C=O) groups is 1. The third-order valence-electron chi connectivity index (χ3n) is 6.13. The number of allylic oxidation sites excluding steroid dienone is 1. The average Bonchev–Trinajstić information content (AvgIpc) is 3.18. The van der Waals surface area contributed by atoms with Crippen molar-refractivity contribution < 1.29 is 23.7 Å². The molecule has 0 saturated heterocycles. The molecule has 174 valence electrons. The van der Waals surface area contributed by atoms with Crippen LogP contribution in [0.25, 0.3) is 6.08 Å². The molecule has 3 heterocycles. The van der Waals surface area contributed by atoms with Crippen LogP contribution in [0.1, 0.15) is 32.7 Å². The zero-order valence-corrected chi connectivity index (χ0v) is 19.5. The number of nitrogens with zero attached hydrogens (tertiary/aromatic N) is 2. The van der Waals surface area contributed by atoms with E-state index in [-0.39, 0.29) is 11.5 Å². The fraction of sp³-hybridized carbons (Fsp3) is 0.259. The highest BCUT2D eigenvalue weighted by Crippen LogP contribution is 2.43. The van der Waals surface area contributed by atoms with Crippen LogP contribution in [0.2, 0.25) is 0 Å². The van der Waals surface area contributed by atoms with Gasteiger partial charge in [0.15, 0.2) is 17.3 Å². The lowest BCUT2D eigenvalue weighted by Crippen LogP contribution is -2.34. The minimum absolute atomic E-state index is 0.131. The predicted octanol–water partition coefficient (Wildman–Crippen LogP) is 4.42. The van der Waals surface area contributed by atoms with Crippen LogP contribution in [0.4, 0.5) is 0 Å². The maximum absolute atomic E-state index is 13.0. The summed E-state index contributed by atoms with van der Waals surface area (Å²) in [6, 6.07) is 13.4. The number of fused-ring (bicyclic) bond motifs is 2. The molecule has 0 bridgehead atoms. The zero-order chi connectivity index (χ0) is 23.7. The number of aromatic nitrogens is 1. The van der Waals surface area contributed by atoms with Crippen molar-refractivity contribution in [3.63, 3.8) is 0 Å². The fourth-order valence-corrected chi connectivity index (χ4v) is 4.36. The molecule has 0 atom stereocenters. The summed E-state index contributed by atoms with van der Waals surface area (Å²) in [5.74, 6) is 2.96. The quantitative estimate of drug-likeness (QED) is 0.507. The van der Waals surface area contributed by atoms with Crippen LogP contribution in [0.5, 0.6) is 23.0 Å². The van der Waals surface area contributed by atoms with Crippen LogP contribution in [-0.2, 0) is 13.0 Å². The van der Waals surface area contributed by atoms with Crippen LogP contribution >= 0.6 is 0 Å². The van der Waals surface area contributed by atoms with E-state index in [1.54, 1.807) is 26.5 Å². The normalized spacial score (nSPS) is 16.0. The van der Waals surface area contributed by atoms with Crippen molar-refractivity contribution in [1.82, 2.24) is 9.88 Å². The lowest BCUT2D eigenvalue weighted by Gasteiger charge is -2.30. The standard InChI is InChI=1S/C27H26N2O5/c1-17-26-19(13-21-25(30)24(34-27(17)21)14-20-6-4-5-10-28-20)15-29(16-33-26)11-9-18-7-8-22(31-2)23(12-18)32-3/h4-8,10,12-14H,9,11,15-16H2,1-3H3/b24-14-. The van der Waals surface area contributed by atoms with E-state index in [1.807, 2.05) is 49.4 Å². The molecule has 3 aromatic rings. The maximum atomic E-state index is 13.0. The van der Waals surface area contributed by atoms with Gasteiger partial charge in [0.2, 0.25) is 5.78 Å². The summed E-state index contributed by atoms with van der Waals surface area (Å²) in [6.45, 7) is 3.92. The summed E-state index contributed by atoms with van der Waals surface area (Å²) in [7, 11) is 3.27. The van der Waals surface area contributed by atoms with Crippen molar-refractivity contribution in [3.8, 4) is 23.0 Å². The molecule has 2 aromatic carbocycles. The van der Waals surface area contributed by atoms with Crippen molar-refractivity contribution >= 4 is 11.9 Å². The molecular weight excluding hydrogens is 432 g/mol. The van der Waals surface area contributed by atoms with Gasteiger partial charge in [-0.1, -0.05) is 12.1 Å². The molecule has 7 heteroatoms. The van der Waals surface area contributed by atoms with Crippen molar-refractivity contribution in [2.45, 2.75) is 19.9 Å². The third-order valence-corrected chi connectivity index (χ3v) is 6.13. The van der Waals surface area contributed by atoms with Crippen LogP contribution in [0.3, 0.4) is 0 Å². The highest BCUT2D eigenvalue weighted by molar-refractivity contribution is 6.15. The first kappa shape index (κ1) is 22.0. The van der Waals surface area contributed by atoms with Crippen molar-refractivity contribution in [1.29, 1.82) is 0 Å². The van der Waals surface area contributed by atoms with Gasteiger partial charge in [0, 0.05) is 36.5 Å². The molecule has 0 radical (unpaired) electrons. The van der Waals surface area contributed by atoms with Gasteiger partial charge in [-0.3, -0.25) is 14.7 Å². The molecule has 0 aliphatic carbocycles. The van der Waals surface area contributed by atoms with Gasteiger partial charge >= 0.3 is 0 Å². The lowest BCUT2D eigenvalue weighted by molar-refractivity contribution is 0.0953. The molecule has 5 rings (SSSR count). The van der Waals surface area contributed by atoms with Gasteiger partial charge in [-0.15, -0.1) is 0 Å².